The fourth-order valence-corrected chi connectivity index (χ4v) is 2.28. The number of hydrogen-bond donors (Lipinski definition) is 0. The molecule has 19 heavy (non-hydrogen) atoms. The SMILES string of the molecule is COc1ccc(CC(CCl)Cc2cn(C)nn2)cc1. The van der Waals surface area contributed by atoms with Gasteiger partial charge in [-0.3, -0.25) is 4.68 Å². The van der Waals surface area contributed by atoms with E-state index in [0.717, 1.165) is 24.3 Å². The van der Waals surface area contributed by atoms with E-state index in [2.05, 4.69) is 22.4 Å². The number of aryl methyl sites for hydroxylation is 1. The van der Waals surface area contributed by atoms with Gasteiger partial charge in [0, 0.05) is 19.1 Å². The monoisotopic (exact) mass is 279 g/mol. The summed E-state index contributed by atoms with van der Waals surface area (Å²) in [5, 5.41) is 8.05. The van der Waals surface area contributed by atoms with Crippen molar-refractivity contribution in [3.63, 3.8) is 0 Å². The van der Waals surface area contributed by atoms with Crippen LogP contribution in [-0.2, 0) is 19.9 Å². The molecule has 0 amide bonds. The maximum atomic E-state index is 6.05. The van der Waals surface area contributed by atoms with Crippen LogP contribution in [0.2, 0.25) is 0 Å². The molecule has 0 aliphatic carbocycles. The second-order valence-electron chi connectivity index (χ2n) is 4.66. The van der Waals surface area contributed by atoms with Gasteiger partial charge in [-0.15, -0.1) is 16.7 Å². The summed E-state index contributed by atoms with van der Waals surface area (Å²) in [6, 6.07) is 8.11. The van der Waals surface area contributed by atoms with Gasteiger partial charge in [-0.05, 0) is 36.5 Å². The number of aromatic nitrogens is 3. The Morgan fingerprint density at radius 3 is 2.53 bits per heavy atom. The number of hydrogen-bond acceptors (Lipinski definition) is 3. The van der Waals surface area contributed by atoms with Crippen molar-refractivity contribution >= 4 is 11.6 Å². The first-order valence-electron chi connectivity index (χ1n) is 6.25. The highest BCUT2D eigenvalue weighted by Crippen LogP contribution is 2.18. The second kappa shape index (κ2) is 6.57. The van der Waals surface area contributed by atoms with E-state index in [4.69, 9.17) is 16.3 Å². The summed E-state index contributed by atoms with van der Waals surface area (Å²) < 4.78 is 6.87. The molecule has 0 aliphatic rings. The standard InChI is InChI=1S/C14H18ClN3O/c1-18-10-13(16-17-18)8-12(9-15)7-11-3-5-14(19-2)6-4-11/h3-6,10,12H,7-9H2,1-2H3. The van der Waals surface area contributed by atoms with E-state index in [1.54, 1.807) is 11.8 Å². The van der Waals surface area contributed by atoms with Crippen molar-refractivity contribution in [2.24, 2.45) is 13.0 Å². The molecule has 1 unspecified atom stereocenters. The van der Waals surface area contributed by atoms with Gasteiger partial charge in [-0.2, -0.15) is 0 Å². The van der Waals surface area contributed by atoms with Crippen LogP contribution in [0.4, 0.5) is 0 Å². The molecule has 0 saturated carbocycles. The summed E-state index contributed by atoms with van der Waals surface area (Å²) in [7, 11) is 3.54. The van der Waals surface area contributed by atoms with Crippen LogP contribution in [0.25, 0.3) is 0 Å². The minimum atomic E-state index is 0.367. The molecule has 0 aliphatic heterocycles. The van der Waals surface area contributed by atoms with Crippen LogP contribution < -0.4 is 4.74 Å². The molecule has 1 atom stereocenters. The van der Waals surface area contributed by atoms with E-state index in [-0.39, 0.29) is 0 Å². The van der Waals surface area contributed by atoms with Crippen LogP contribution in [0.15, 0.2) is 30.5 Å². The summed E-state index contributed by atoms with van der Waals surface area (Å²) in [5.74, 6) is 1.86. The van der Waals surface area contributed by atoms with E-state index in [1.807, 2.05) is 25.4 Å². The van der Waals surface area contributed by atoms with Gasteiger partial charge in [0.1, 0.15) is 5.75 Å². The van der Waals surface area contributed by atoms with Crippen molar-refractivity contribution in [2.75, 3.05) is 13.0 Å². The molecule has 5 heteroatoms. The highest BCUT2D eigenvalue weighted by atomic mass is 35.5. The zero-order valence-corrected chi connectivity index (χ0v) is 12.0. The topological polar surface area (TPSA) is 39.9 Å². The molecule has 1 aromatic carbocycles. The van der Waals surface area contributed by atoms with Crippen LogP contribution in [0.3, 0.4) is 0 Å². The lowest BCUT2D eigenvalue weighted by atomic mass is 9.96. The maximum absolute atomic E-state index is 6.05. The average Bonchev–Trinajstić information content (AvgIpc) is 2.84. The zero-order chi connectivity index (χ0) is 13.7. The first kappa shape index (κ1) is 13.9. The Balaban J connectivity index is 1.97. The molecule has 0 bridgehead atoms. The normalized spacial score (nSPS) is 12.4. The smallest absolute Gasteiger partial charge is 0.118 e. The molecule has 0 saturated heterocycles. The first-order valence-corrected chi connectivity index (χ1v) is 6.79. The van der Waals surface area contributed by atoms with E-state index in [9.17, 15) is 0 Å². The van der Waals surface area contributed by atoms with Crippen LogP contribution in [0.5, 0.6) is 5.75 Å². The quantitative estimate of drug-likeness (QED) is 0.763. The van der Waals surface area contributed by atoms with Crippen molar-refractivity contribution in [1.29, 1.82) is 0 Å². The van der Waals surface area contributed by atoms with Crippen molar-refractivity contribution < 1.29 is 4.74 Å². The lowest BCUT2D eigenvalue weighted by Gasteiger charge is -2.12. The average molecular weight is 280 g/mol. The Hall–Kier alpha value is -1.55. The third kappa shape index (κ3) is 3.96. The van der Waals surface area contributed by atoms with Crippen molar-refractivity contribution in [1.82, 2.24) is 15.0 Å². The minimum Gasteiger partial charge on any atom is -0.497 e. The highest BCUT2D eigenvalue weighted by molar-refractivity contribution is 6.18. The molecule has 2 aromatic rings. The van der Waals surface area contributed by atoms with Crippen LogP contribution in [0, 0.1) is 5.92 Å². The lowest BCUT2D eigenvalue weighted by Crippen LogP contribution is -2.10. The number of methoxy groups -OCH3 is 1. The Morgan fingerprint density at radius 2 is 2.00 bits per heavy atom. The summed E-state index contributed by atoms with van der Waals surface area (Å²) in [6.45, 7) is 0. The van der Waals surface area contributed by atoms with Gasteiger partial charge in [0.2, 0.25) is 0 Å². The first-order chi connectivity index (χ1) is 9.21. The largest absolute Gasteiger partial charge is 0.497 e. The summed E-state index contributed by atoms with van der Waals surface area (Å²) >= 11 is 6.05. The molecule has 1 aromatic heterocycles. The van der Waals surface area contributed by atoms with Crippen LogP contribution in [0.1, 0.15) is 11.3 Å². The zero-order valence-electron chi connectivity index (χ0n) is 11.2. The van der Waals surface area contributed by atoms with E-state index in [0.29, 0.717) is 11.8 Å². The number of nitrogens with zero attached hydrogens (tertiary/aromatic N) is 3. The number of ether oxygens (including phenoxy) is 1. The highest BCUT2D eigenvalue weighted by Gasteiger charge is 2.12. The maximum Gasteiger partial charge on any atom is 0.118 e. The van der Waals surface area contributed by atoms with Crippen molar-refractivity contribution in [3.8, 4) is 5.75 Å². The predicted molar refractivity (Wildman–Crippen MR) is 75.6 cm³/mol. The molecule has 2 rings (SSSR count). The van der Waals surface area contributed by atoms with Crippen molar-refractivity contribution in [3.05, 3.63) is 41.7 Å². The third-order valence-corrected chi connectivity index (χ3v) is 3.49. The Bertz CT molecular complexity index is 510. The van der Waals surface area contributed by atoms with Gasteiger partial charge in [0.05, 0.1) is 12.8 Å². The summed E-state index contributed by atoms with van der Waals surface area (Å²) in [5.41, 5.74) is 2.25. The Kier molecular flexibility index (Phi) is 4.80. The number of alkyl halides is 1. The second-order valence-corrected chi connectivity index (χ2v) is 4.97. The summed E-state index contributed by atoms with van der Waals surface area (Å²) in [4.78, 5) is 0. The van der Waals surface area contributed by atoms with Gasteiger partial charge < -0.3 is 4.74 Å². The fourth-order valence-electron chi connectivity index (χ4n) is 2.06. The van der Waals surface area contributed by atoms with Crippen molar-refractivity contribution in [2.45, 2.75) is 12.8 Å². The van der Waals surface area contributed by atoms with Gasteiger partial charge in [-0.25, -0.2) is 0 Å². The molecule has 0 radical (unpaired) electrons. The van der Waals surface area contributed by atoms with Gasteiger partial charge in [-0.1, -0.05) is 17.3 Å². The predicted octanol–water partition coefficient (Wildman–Crippen LogP) is 2.46. The molecular weight excluding hydrogens is 262 g/mol. The fraction of sp³-hybridized carbons (Fsp3) is 0.429. The van der Waals surface area contributed by atoms with E-state index in [1.165, 1.54) is 5.56 Å². The van der Waals surface area contributed by atoms with Gasteiger partial charge >= 0.3 is 0 Å². The Morgan fingerprint density at radius 1 is 1.26 bits per heavy atom. The Labute approximate surface area is 118 Å². The van der Waals surface area contributed by atoms with E-state index >= 15 is 0 Å². The third-order valence-electron chi connectivity index (χ3n) is 3.05. The summed E-state index contributed by atoms with van der Waals surface area (Å²) in [6.07, 6.45) is 3.72. The lowest BCUT2D eigenvalue weighted by molar-refractivity contribution is 0.414. The molecule has 0 fully saturated rings. The minimum absolute atomic E-state index is 0.367. The number of halogens is 1. The molecule has 102 valence electrons. The van der Waals surface area contributed by atoms with Crippen LogP contribution >= 0.6 is 11.6 Å². The molecular formula is C14H18ClN3O. The van der Waals surface area contributed by atoms with Gasteiger partial charge in [0.15, 0.2) is 0 Å². The number of benzene rings is 1. The van der Waals surface area contributed by atoms with Crippen LogP contribution in [-0.4, -0.2) is 28.0 Å². The molecule has 0 N–H and O–H groups in total. The molecule has 4 nitrogen and oxygen atoms in total. The number of rotatable bonds is 6. The molecule has 1 heterocycles. The van der Waals surface area contributed by atoms with E-state index < -0.39 is 0 Å². The molecule has 0 spiro atoms. The van der Waals surface area contributed by atoms with Gasteiger partial charge in [0.25, 0.3) is 0 Å².